The second-order valence-corrected chi connectivity index (χ2v) is 4.36. The maximum Gasteiger partial charge on any atom is 0.303 e. The summed E-state index contributed by atoms with van der Waals surface area (Å²) in [6, 6.07) is 0. The van der Waals surface area contributed by atoms with Gasteiger partial charge in [0.15, 0.2) is 0 Å². The number of ether oxygens (including phenoxy) is 1. The number of hydrogen-bond acceptors (Lipinski definition) is 3. The predicted octanol–water partition coefficient (Wildman–Crippen LogP) is 1.17. The lowest BCUT2D eigenvalue weighted by Gasteiger charge is -2.27. The number of carbonyl (C=O) groups is 2. The van der Waals surface area contributed by atoms with Crippen molar-refractivity contribution in [3.63, 3.8) is 0 Å². The molecule has 0 saturated carbocycles. The summed E-state index contributed by atoms with van der Waals surface area (Å²) in [5.41, 5.74) is -0.527. The molecular weight excluding hydrogens is 210 g/mol. The van der Waals surface area contributed by atoms with Crippen molar-refractivity contribution >= 4 is 11.9 Å². The third-order valence-electron chi connectivity index (χ3n) is 2.21. The van der Waals surface area contributed by atoms with Gasteiger partial charge in [0.05, 0.1) is 0 Å². The van der Waals surface area contributed by atoms with Gasteiger partial charge >= 0.3 is 5.97 Å². The Hall–Kier alpha value is -1.10. The molecule has 0 aliphatic rings. The molecular formula is C11H21NO4. The Bertz CT molecular complexity index is 250. The van der Waals surface area contributed by atoms with Gasteiger partial charge < -0.3 is 15.2 Å². The van der Waals surface area contributed by atoms with Crippen LogP contribution in [0.1, 0.15) is 40.5 Å². The highest BCUT2D eigenvalue weighted by atomic mass is 16.5. The molecule has 1 unspecified atom stereocenters. The molecule has 5 nitrogen and oxygen atoms in total. The van der Waals surface area contributed by atoms with Gasteiger partial charge in [-0.3, -0.25) is 9.59 Å². The van der Waals surface area contributed by atoms with Gasteiger partial charge in [0.2, 0.25) is 5.91 Å². The molecule has 0 aromatic rings. The van der Waals surface area contributed by atoms with E-state index in [9.17, 15) is 9.59 Å². The molecule has 0 radical (unpaired) electrons. The van der Waals surface area contributed by atoms with Crippen LogP contribution in [0.5, 0.6) is 0 Å². The Morgan fingerprint density at radius 2 is 2.00 bits per heavy atom. The van der Waals surface area contributed by atoms with Gasteiger partial charge in [-0.2, -0.15) is 0 Å². The molecule has 1 atom stereocenters. The standard InChI is InChI=1S/C11H21NO4/c1-5-16-8(2)10(15)12-11(3,4)7-6-9(13)14/h8H,5-7H2,1-4H3,(H,12,15)(H,13,14). The molecule has 0 saturated heterocycles. The van der Waals surface area contributed by atoms with E-state index in [-0.39, 0.29) is 12.3 Å². The fraction of sp³-hybridized carbons (Fsp3) is 0.818. The lowest BCUT2D eigenvalue weighted by atomic mass is 9.98. The largest absolute Gasteiger partial charge is 0.481 e. The number of aliphatic carboxylic acids is 1. The topological polar surface area (TPSA) is 75.6 Å². The van der Waals surface area contributed by atoms with E-state index in [4.69, 9.17) is 9.84 Å². The van der Waals surface area contributed by atoms with Crippen molar-refractivity contribution in [2.75, 3.05) is 6.61 Å². The minimum atomic E-state index is -0.861. The number of amides is 1. The number of nitrogens with one attached hydrogen (secondary N) is 1. The molecule has 0 aliphatic heterocycles. The number of rotatable bonds is 7. The van der Waals surface area contributed by atoms with Crippen molar-refractivity contribution < 1.29 is 19.4 Å². The van der Waals surface area contributed by atoms with Crippen molar-refractivity contribution in [2.24, 2.45) is 0 Å². The molecule has 5 heteroatoms. The Morgan fingerprint density at radius 3 is 2.44 bits per heavy atom. The molecule has 0 aliphatic carbocycles. The van der Waals surface area contributed by atoms with Crippen LogP contribution < -0.4 is 5.32 Å². The molecule has 0 bridgehead atoms. The quantitative estimate of drug-likeness (QED) is 0.689. The van der Waals surface area contributed by atoms with Crippen LogP contribution in [0.3, 0.4) is 0 Å². The van der Waals surface area contributed by atoms with E-state index in [2.05, 4.69) is 5.32 Å². The second kappa shape index (κ2) is 6.48. The van der Waals surface area contributed by atoms with Gasteiger partial charge in [-0.15, -0.1) is 0 Å². The molecule has 0 rings (SSSR count). The first-order valence-electron chi connectivity index (χ1n) is 5.44. The van der Waals surface area contributed by atoms with Crippen LogP contribution in [0.4, 0.5) is 0 Å². The zero-order chi connectivity index (χ0) is 12.8. The van der Waals surface area contributed by atoms with E-state index in [1.54, 1.807) is 20.8 Å². The van der Waals surface area contributed by atoms with E-state index < -0.39 is 17.6 Å². The van der Waals surface area contributed by atoms with Gasteiger partial charge in [-0.1, -0.05) is 0 Å². The van der Waals surface area contributed by atoms with E-state index in [1.807, 2.05) is 6.92 Å². The van der Waals surface area contributed by atoms with E-state index >= 15 is 0 Å². The zero-order valence-electron chi connectivity index (χ0n) is 10.4. The summed E-state index contributed by atoms with van der Waals surface area (Å²) in [5.74, 6) is -1.07. The van der Waals surface area contributed by atoms with Crippen LogP contribution >= 0.6 is 0 Å². The highest BCUT2D eigenvalue weighted by molar-refractivity contribution is 5.81. The van der Waals surface area contributed by atoms with Crippen molar-refractivity contribution in [3.05, 3.63) is 0 Å². The first-order chi connectivity index (χ1) is 7.28. The van der Waals surface area contributed by atoms with Crippen molar-refractivity contribution in [1.29, 1.82) is 0 Å². The van der Waals surface area contributed by atoms with Crippen LogP contribution in [0.2, 0.25) is 0 Å². The van der Waals surface area contributed by atoms with Crippen LogP contribution in [0.15, 0.2) is 0 Å². The number of carbonyl (C=O) groups excluding carboxylic acids is 1. The van der Waals surface area contributed by atoms with Crippen molar-refractivity contribution in [1.82, 2.24) is 5.32 Å². The van der Waals surface area contributed by atoms with Gasteiger partial charge in [0.25, 0.3) is 0 Å². The third-order valence-corrected chi connectivity index (χ3v) is 2.21. The average Bonchev–Trinajstić information content (AvgIpc) is 2.14. The normalized spacial score (nSPS) is 13.2. The minimum Gasteiger partial charge on any atom is -0.481 e. The fourth-order valence-electron chi connectivity index (χ4n) is 1.24. The predicted molar refractivity (Wildman–Crippen MR) is 60.2 cm³/mol. The monoisotopic (exact) mass is 231 g/mol. The Labute approximate surface area is 96.2 Å². The fourth-order valence-corrected chi connectivity index (χ4v) is 1.24. The highest BCUT2D eigenvalue weighted by Gasteiger charge is 2.24. The molecule has 0 spiro atoms. The molecule has 0 aromatic heterocycles. The Balaban J connectivity index is 4.13. The van der Waals surface area contributed by atoms with E-state index in [1.165, 1.54) is 0 Å². The maximum absolute atomic E-state index is 11.6. The lowest BCUT2D eigenvalue weighted by molar-refractivity contribution is -0.138. The van der Waals surface area contributed by atoms with Gasteiger partial charge in [-0.05, 0) is 34.1 Å². The Kier molecular flexibility index (Phi) is 6.03. The summed E-state index contributed by atoms with van der Waals surface area (Å²) < 4.78 is 5.15. The molecule has 16 heavy (non-hydrogen) atoms. The summed E-state index contributed by atoms with van der Waals surface area (Å²) in [5, 5.41) is 11.3. The van der Waals surface area contributed by atoms with Crippen LogP contribution in [-0.2, 0) is 14.3 Å². The summed E-state index contributed by atoms with van der Waals surface area (Å²) >= 11 is 0. The highest BCUT2D eigenvalue weighted by Crippen LogP contribution is 2.11. The number of hydrogen-bond donors (Lipinski definition) is 2. The summed E-state index contributed by atoms with van der Waals surface area (Å²) in [6.45, 7) is 7.56. The second-order valence-electron chi connectivity index (χ2n) is 4.36. The third kappa shape index (κ3) is 6.40. The molecule has 0 heterocycles. The van der Waals surface area contributed by atoms with E-state index in [0.717, 1.165) is 0 Å². The van der Waals surface area contributed by atoms with E-state index in [0.29, 0.717) is 13.0 Å². The molecule has 1 amide bonds. The van der Waals surface area contributed by atoms with Crippen LogP contribution in [0.25, 0.3) is 0 Å². The number of carboxylic acid groups (broad SMARTS) is 1. The zero-order valence-corrected chi connectivity index (χ0v) is 10.4. The SMILES string of the molecule is CCOC(C)C(=O)NC(C)(C)CCC(=O)O. The maximum atomic E-state index is 11.6. The summed E-state index contributed by atoms with van der Waals surface area (Å²) in [6.07, 6.45) is -0.0717. The van der Waals surface area contributed by atoms with Crippen molar-refractivity contribution in [3.8, 4) is 0 Å². The molecule has 2 N–H and O–H groups in total. The van der Waals surface area contributed by atoms with Gasteiger partial charge in [-0.25, -0.2) is 0 Å². The van der Waals surface area contributed by atoms with Crippen LogP contribution in [-0.4, -0.2) is 35.2 Å². The Morgan fingerprint density at radius 1 is 1.44 bits per heavy atom. The average molecular weight is 231 g/mol. The molecule has 94 valence electrons. The lowest BCUT2D eigenvalue weighted by Crippen LogP contribution is -2.48. The van der Waals surface area contributed by atoms with Gasteiger partial charge in [0, 0.05) is 18.6 Å². The number of carboxylic acids is 1. The molecule has 0 fully saturated rings. The van der Waals surface area contributed by atoms with Crippen LogP contribution in [0, 0.1) is 0 Å². The summed E-state index contributed by atoms with van der Waals surface area (Å²) in [4.78, 5) is 22.0. The molecule has 0 aromatic carbocycles. The first-order valence-corrected chi connectivity index (χ1v) is 5.44. The summed E-state index contributed by atoms with van der Waals surface area (Å²) in [7, 11) is 0. The van der Waals surface area contributed by atoms with Gasteiger partial charge in [0.1, 0.15) is 6.10 Å². The van der Waals surface area contributed by atoms with Crippen molar-refractivity contribution in [2.45, 2.75) is 52.2 Å². The minimum absolute atomic E-state index is 0.0380. The smallest absolute Gasteiger partial charge is 0.303 e. The first kappa shape index (κ1) is 14.9.